The molecule has 5 nitrogen and oxygen atoms in total. The van der Waals surface area contributed by atoms with E-state index in [2.05, 4.69) is 33.8 Å². The third kappa shape index (κ3) is 3.11. The first kappa shape index (κ1) is 14.2. The summed E-state index contributed by atoms with van der Waals surface area (Å²) in [6.07, 6.45) is 2.24. The number of hydrogen-bond donors (Lipinski definition) is 3. The van der Waals surface area contributed by atoms with Gasteiger partial charge in [0.2, 0.25) is 0 Å². The lowest BCUT2D eigenvalue weighted by Crippen LogP contribution is -2.57. The minimum atomic E-state index is -0.912. The number of fused-ring (bicyclic) bond motifs is 1. The molecule has 0 aromatic heterocycles. The average molecular weight is 303 g/mol. The van der Waals surface area contributed by atoms with Gasteiger partial charge in [0.1, 0.15) is 12.4 Å². The summed E-state index contributed by atoms with van der Waals surface area (Å²) < 4.78 is 0. The van der Waals surface area contributed by atoms with Gasteiger partial charge in [0.15, 0.2) is 0 Å². The Morgan fingerprint density at radius 2 is 2.14 bits per heavy atom. The van der Waals surface area contributed by atoms with E-state index in [4.69, 9.17) is 5.11 Å². The van der Waals surface area contributed by atoms with Gasteiger partial charge in [-0.2, -0.15) is 0 Å². The van der Waals surface area contributed by atoms with E-state index in [-0.39, 0.29) is 24.0 Å². The highest BCUT2D eigenvalue weighted by Crippen LogP contribution is 2.42. The molecule has 110 valence electrons. The molecular weight excluding hydrogens is 286 g/mol. The Kier molecular flexibility index (Phi) is 3.98. The molecule has 0 bridgehead atoms. The SMILES string of the molecule is CC1NC(=NCC(=O)O)C2C=C(c3ccccc3)SC2N1. The Morgan fingerprint density at radius 1 is 1.38 bits per heavy atom. The summed E-state index contributed by atoms with van der Waals surface area (Å²) >= 11 is 1.77. The van der Waals surface area contributed by atoms with Crippen LogP contribution in [-0.4, -0.2) is 35.0 Å². The van der Waals surface area contributed by atoms with Crippen LogP contribution >= 0.6 is 11.8 Å². The van der Waals surface area contributed by atoms with Crippen molar-refractivity contribution in [3.8, 4) is 0 Å². The van der Waals surface area contributed by atoms with Crippen LogP contribution in [-0.2, 0) is 4.79 Å². The number of carbonyl (C=O) groups is 1. The molecule has 3 unspecified atom stereocenters. The fourth-order valence-corrected chi connectivity index (χ4v) is 3.93. The zero-order valence-corrected chi connectivity index (χ0v) is 12.4. The van der Waals surface area contributed by atoms with Gasteiger partial charge in [-0.15, -0.1) is 11.8 Å². The molecule has 3 atom stereocenters. The Morgan fingerprint density at radius 3 is 2.86 bits per heavy atom. The van der Waals surface area contributed by atoms with Gasteiger partial charge in [0.25, 0.3) is 0 Å². The van der Waals surface area contributed by atoms with E-state index >= 15 is 0 Å². The van der Waals surface area contributed by atoms with Crippen molar-refractivity contribution in [3.05, 3.63) is 42.0 Å². The molecule has 0 spiro atoms. The van der Waals surface area contributed by atoms with Crippen LogP contribution in [0.1, 0.15) is 12.5 Å². The summed E-state index contributed by atoms with van der Waals surface area (Å²) in [5.74, 6) is -0.0715. The molecule has 6 heteroatoms. The first-order valence-electron chi connectivity index (χ1n) is 6.86. The number of hydrogen-bond acceptors (Lipinski definition) is 4. The molecular formula is C15H17N3O2S. The maximum absolute atomic E-state index is 10.7. The highest BCUT2D eigenvalue weighted by molar-refractivity contribution is 8.09. The van der Waals surface area contributed by atoms with E-state index in [9.17, 15) is 4.79 Å². The fraction of sp³-hybridized carbons (Fsp3) is 0.333. The van der Waals surface area contributed by atoms with Crippen molar-refractivity contribution >= 4 is 28.5 Å². The second-order valence-corrected chi connectivity index (χ2v) is 6.27. The number of carboxylic acid groups (broad SMARTS) is 1. The number of carboxylic acids is 1. The van der Waals surface area contributed by atoms with Gasteiger partial charge >= 0.3 is 5.97 Å². The summed E-state index contributed by atoms with van der Waals surface area (Å²) in [4.78, 5) is 16.1. The Bertz CT molecular complexity index is 600. The second-order valence-electron chi connectivity index (χ2n) is 5.09. The molecule has 1 aromatic carbocycles. The van der Waals surface area contributed by atoms with Gasteiger partial charge in [-0.1, -0.05) is 36.4 Å². The van der Waals surface area contributed by atoms with E-state index in [0.29, 0.717) is 0 Å². The number of thioether (sulfide) groups is 1. The van der Waals surface area contributed by atoms with Crippen molar-refractivity contribution in [2.75, 3.05) is 6.54 Å². The zero-order chi connectivity index (χ0) is 14.8. The Labute approximate surface area is 127 Å². The van der Waals surface area contributed by atoms with Gasteiger partial charge in [0, 0.05) is 4.91 Å². The molecule has 2 aliphatic rings. The lowest BCUT2D eigenvalue weighted by Gasteiger charge is -2.33. The molecule has 1 fully saturated rings. The predicted molar refractivity (Wildman–Crippen MR) is 85.0 cm³/mol. The molecule has 2 aliphatic heterocycles. The smallest absolute Gasteiger partial charge is 0.325 e. The number of aliphatic imine (C=N–C) groups is 1. The fourth-order valence-electron chi connectivity index (χ4n) is 2.54. The van der Waals surface area contributed by atoms with Crippen LogP contribution < -0.4 is 10.6 Å². The zero-order valence-electron chi connectivity index (χ0n) is 11.6. The van der Waals surface area contributed by atoms with Crippen LogP contribution in [0.5, 0.6) is 0 Å². The summed E-state index contributed by atoms with van der Waals surface area (Å²) in [6.45, 7) is 1.81. The molecule has 21 heavy (non-hydrogen) atoms. The van der Waals surface area contributed by atoms with Crippen LogP contribution in [0.3, 0.4) is 0 Å². The Hall–Kier alpha value is -1.79. The normalized spacial score (nSPS) is 29.7. The first-order chi connectivity index (χ1) is 10.1. The molecule has 0 radical (unpaired) electrons. The summed E-state index contributed by atoms with van der Waals surface area (Å²) in [5, 5.41) is 15.7. The second kappa shape index (κ2) is 5.91. The lowest BCUT2D eigenvalue weighted by molar-refractivity contribution is -0.135. The number of nitrogens with zero attached hydrogens (tertiary/aromatic N) is 1. The van der Waals surface area contributed by atoms with Crippen LogP contribution in [0.15, 0.2) is 41.4 Å². The first-order valence-corrected chi connectivity index (χ1v) is 7.74. The standard InChI is InChI=1S/C15H17N3O2S/c1-9-17-14(16-8-13(19)20)11-7-12(21-15(11)18-9)10-5-3-2-4-6-10/h2-7,9,11,15,18H,8H2,1H3,(H,16,17)(H,19,20). The topological polar surface area (TPSA) is 73.7 Å². The summed E-state index contributed by atoms with van der Waals surface area (Å²) in [7, 11) is 0. The maximum Gasteiger partial charge on any atom is 0.325 e. The molecule has 3 rings (SSSR count). The highest BCUT2D eigenvalue weighted by atomic mass is 32.2. The van der Waals surface area contributed by atoms with E-state index in [1.807, 2.05) is 25.1 Å². The van der Waals surface area contributed by atoms with Crippen molar-refractivity contribution in [1.29, 1.82) is 0 Å². The molecule has 0 amide bonds. The van der Waals surface area contributed by atoms with Gasteiger partial charge in [-0.25, -0.2) is 0 Å². The van der Waals surface area contributed by atoms with Crippen molar-refractivity contribution in [2.24, 2.45) is 10.9 Å². The number of amidine groups is 1. The van der Waals surface area contributed by atoms with Gasteiger partial charge in [-0.3, -0.25) is 15.1 Å². The average Bonchev–Trinajstić information content (AvgIpc) is 2.89. The molecule has 1 saturated heterocycles. The minimum absolute atomic E-state index is 0.0785. The number of rotatable bonds is 3. The maximum atomic E-state index is 10.7. The largest absolute Gasteiger partial charge is 0.480 e. The van der Waals surface area contributed by atoms with E-state index < -0.39 is 5.97 Å². The van der Waals surface area contributed by atoms with Crippen LogP contribution in [0, 0.1) is 5.92 Å². The number of nitrogens with one attached hydrogen (secondary N) is 2. The predicted octanol–water partition coefficient (Wildman–Crippen LogP) is 1.74. The summed E-state index contributed by atoms with van der Waals surface area (Å²) in [6, 6.07) is 10.2. The molecule has 0 aliphatic carbocycles. The monoisotopic (exact) mass is 303 g/mol. The lowest BCUT2D eigenvalue weighted by atomic mass is 10.0. The van der Waals surface area contributed by atoms with Crippen LogP contribution in [0.4, 0.5) is 0 Å². The summed E-state index contributed by atoms with van der Waals surface area (Å²) in [5.41, 5.74) is 1.18. The van der Waals surface area contributed by atoms with Gasteiger partial charge < -0.3 is 10.4 Å². The molecule has 2 heterocycles. The van der Waals surface area contributed by atoms with Gasteiger partial charge in [-0.05, 0) is 12.5 Å². The van der Waals surface area contributed by atoms with Crippen LogP contribution in [0.25, 0.3) is 4.91 Å². The third-order valence-electron chi connectivity index (χ3n) is 3.45. The van der Waals surface area contributed by atoms with E-state index in [1.54, 1.807) is 11.8 Å². The molecule has 1 aromatic rings. The van der Waals surface area contributed by atoms with E-state index in [1.165, 1.54) is 10.5 Å². The van der Waals surface area contributed by atoms with Crippen LogP contribution in [0.2, 0.25) is 0 Å². The third-order valence-corrected chi connectivity index (χ3v) is 4.76. The molecule has 3 N–H and O–H groups in total. The highest BCUT2D eigenvalue weighted by Gasteiger charge is 2.37. The number of benzene rings is 1. The minimum Gasteiger partial charge on any atom is -0.480 e. The number of aliphatic carboxylic acids is 1. The van der Waals surface area contributed by atoms with Crippen molar-refractivity contribution in [3.63, 3.8) is 0 Å². The molecule has 0 saturated carbocycles. The van der Waals surface area contributed by atoms with Crippen molar-refractivity contribution in [1.82, 2.24) is 10.6 Å². The van der Waals surface area contributed by atoms with Gasteiger partial charge in [0.05, 0.1) is 17.5 Å². The Balaban J connectivity index is 1.86. The van der Waals surface area contributed by atoms with Crippen molar-refractivity contribution < 1.29 is 9.90 Å². The quantitative estimate of drug-likeness (QED) is 0.793. The van der Waals surface area contributed by atoms with E-state index in [0.717, 1.165) is 5.84 Å². The van der Waals surface area contributed by atoms with Crippen molar-refractivity contribution in [2.45, 2.75) is 18.5 Å².